The number of alkyl halides is 3. The molecule has 4 aromatic rings. The third-order valence-corrected chi connectivity index (χ3v) is 5.55. The van der Waals surface area contributed by atoms with E-state index in [0.717, 1.165) is 29.5 Å². The van der Waals surface area contributed by atoms with E-state index in [-0.39, 0.29) is 17.3 Å². The molecule has 0 spiro atoms. The summed E-state index contributed by atoms with van der Waals surface area (Å²) < 4.78 is 55.6. The number of ether oxygens (including phenoxy) is 1. The van der Waals surface area contributed by atoms with Gasteiger partial charge in [0.1, 0.15) is 11.6 Å². The van der Waals surface area contributed by atoms with E-state index in [4.69, 9.17) is 0 Å². The molecule has 12 heteroatoms. The second-order valence-electron chi connectivity index (χ2n) is 8.37. The van der Waals surface area contributed by atoms with E-state index in [1.165, 1.54) is 24.3 Å². The summed E-state index contributed by atoms with van der Waals surface area (Å²) in [4.78, 5) is 27.9. The minimum Gasteiger partial charge on any atom is -0.406 e. The summed E-state index contributed by atoms with van der Waals surface area (Å²) >= 11 is 0. The molecule has 1 aromatic heterocycles. The minimum atomic E-state index is -4.89. The highest BCUT2D eigenvalue weighted by atomic mass is 19.4. The minimum absolute atomic E-state index is 0.00816. The van der Waals surface area contributed by atoms with Gasteiger partial charge in [-0.25, -0.2) is 9.18 Å². The van der Waals surface area contributed by atoms with Gasteiger partial charge in [-0.05, 0) is 60.7 Å². The molecule has 0 fully saturated rings. The van der Waals surface area contributed by atoms with E-state index in [1.807, 2.05) is 12.1 Å². The maximum absolute atomic E-state index is 14.4. The molecule has 0 bridgehead atoms. The van der Waals surface area contributed by atoms with Crippen LogP contribution >= 0.6 is 0 Å². The number of halogens is 4. The van der Waals surface area contributed by atoms with Crippen LogP contribution in [-0.2, 0) is 4.79 Å². The van der Waals surface area contributed by atoms with Crippen molar-refractivity contribution in [2.45, 2.75) is 6.36 Å². The van der Waals surface area contributed by atoms with Crippen LogP contribution in [0.3, 0.4) is 0 Å². The number of H-pyrrole nitrogens is 1. The maximum Gasteiger partial charge on any atom is 0.573 e. The largest absolute Gasteiger partial charge is 0.573 e. The molecule has 0 saturated heterocycles. The van der Waals surface area contributed by atoms with Crippen molar-refractivity contribution in [3.05, 3.63) is 96.1 Å². The van der Waals surface area contributed by atoms with E-state index in [2.05, 4.69) is 31.0 Å². The fourth-order valence-electron chi connectivity index (χ4n) is 3.93. The summed E-state index contributed by atoms with van der Waals surface area (Å²) in [6.45, 7) is 0. The van der Waals surface area contributed by atoms with Gasteiger partial charge in [0.25, 0.3) is 5.91 Å². The highest BCUT2D eigenvalue weighted by molar-refractivity contribution is 6.35. The molecule has 1 aliphatic rings. The number of rotatable bonds is 6. The van der Waals surface area contributed by atoms with Crippen molar-refractivity contribution in [1.29, 1.82) is 0 Å². The fraction of sp³-hybridized carbons (Fsp3) is 0.0370. The van der Waals surface area contributed by atoms with E-state index < -0.39 is 24.0 Å². The number of aromatic amines is 1. The molecule has 3 amide bonds. The quantitative estimate of drug-likeness (QED) is 0.136. The number of carbonyl (C=O) groups is 2. The van der Waals surface area contributed by atoms with E-state index in [9.17, 15) is 27.2 Å². The second kappa shape index (κ2) is 10.2. The Kier molecular flexibility index (Phi) is 6.67. The molecule has 0 radical (unpaired) electrons. The normalized spacial score (nSPS) is 13.5. The summed E-state index contributed by atoms with van der Waals surface area (Å²) in [7, 11) is 0. The lowest BCUT2D eigenvalue weighted by Crippen LogP contribution is -2.20. The fourth-order valence-corrected chi connectivity index (χ4v) is 3.93. The van der Waals surface area contributed by atoms with Crippen molar-refractivity contribution in [2.75, 3.05) is 21.3 Å². The van der Waals surface area contributed by atoms with Crippen molar-refractivity contribution in [3.63, 3.8) is 0 Å². The second-order valence-corrected chi connectivity index (χ2v) is 8.37. The molecule has 0 aliphatic carbocycles. The van der Waals surface area contributed by atoms with Crippen molar-refractivity contribution < 1.29 is 31.9 Å². The summed E-state index contributed by atoms with van der Waals surface area (Å²) in [5, 5.41) is 10.6. The molecule has 1 aliphatic heterocycles. The van der Waals surface area contributed by atoms with Gasteiger partial charge in [0.05, 0.1) is 16.9 Å². The first kappa shape index (κ1) is 25.4. The Balaban J connectivity index is 1.27. The molecule has 198 valence electrons. The van der Waals surface area contributed by atoms with Crippen LogP contribution in [0.2, 0.25) is 0 Å². The Morgan fingerprint density at radius 3 is 2.46 bits per heavy atom. The van der Waals surface area contributed by atoms with Gasteiger partial charge in [-0.15, -0.1) is 13.2 Å². The van der Waals surface area contributed by atoms with Gasteiger partial charge in [0.2, 0.25) is 0 Å². The predicted octanol–water partition coefficient (Wildman–Crippen LogP) is 6.93. The molecule has 0 unspecified atom stereocenters. The topological polar surface area (TPSA) is 107 Å². The SMILES string of the molecule is O=C(Nc1cccc(OC(F)(F)F)c1)Nc1cc(Nc2ccc3c(c2)NC(=O)C3=Cc2ccc[nH]2)ccc1F. The van der Waals surface area contributed by atoms with Gasteiger partial charge in [0, 0.05) is 40.6 Å². The van der Waals surface area contributed by atoms with Crippen molar-refractivity contribution in [3.8, 4) is 5.75 Å². The lowest BCUT2D eigenvalue weighted by atomic mass is 10.1. The van der Waals surface area contributed by atoms with Gasteiger partial charge in [0.15, 0.2) is 0 Å². The van der Waals surface area contributed by atoms with Crippen LogP contribution in [0.4, 0.5) is 50.8 Å². The average Bonchev–Trinajstić information content (AvgIpc) is 3.48. The number of amides is 3. The van der Waals surface area contributed by atoms with Crippen molar-refractivity contribution in [1.82, 2.24) is 4.98 Å². The van der Waals surface area contributed by atoms with Gasteiger partial charge >= 0.3 is 12.4 Å². The Morgan fingerprint density at radius 1 is 0.897 bits per heavy atom. The molecule has 2 heterocycles. The zero-order valence-corrected chi connectivity index (χ0v) is 19.8. The Morgan fingerprint density at radius 2 is 1.69 bits per heavy atom. The third-order valence-electron chi connectivity index (χ3n) is 5.55. The number of aromatic nitrogens is 1. The lowest BCUT2D eigenvalue weighted by molar-refractivity contribution is -0.274. The highest BCUT2D eigenvalue weighted by Gasteiger charge is 2.31. The number of nitrogens with one attached hydrogen (secondary N) is 5. The lowest BCUT2D eigenvalue weighted by Gasteiger charge is -2.13. The van der Waals surface area contributed by atoms with Crippen LogP contribution < -0.4 is 26.0 Å². The molecule has 0 saturated carbocycles. The first-order valence-electron chi connectivity index (χ1n) is 11.4. The maximum atomic E-state index is 14.4. The molecule has 5 N–H and O–H groups in total. The average molecular weight is 537 g/mol. The van der Waals surface area contributed by atoms with Crippen molar-refractivity contribution in [2.24, 2.45) is 0 Å². The third kappa shape index (κ3) is 6.18. The van der Waals surface area contributed by atoms with Crippen LogP contribution in [0.1, 0.15) is 11.3 Å². The molecule has 3 aromatic carbocycles. The molecular formula is C27H19F4N5O3. The molecule has 8 nitrogen and oxygen atoms in total. The van der Waals surface area contributed by atoms with Gasteiger partial charge in [-0.2, -0.15) is 0 Å². The zero-order chi connectivity index (χ0) is 27.6. The zero-order valence-electron chi connectivity index (χ0n) is 19.8. The Hall–Kier alpha value is -5.26. The number of fused-ring (bicyclic) bond motifs is 1. The standard InChI is InChI=1S/C27H19F4N5O3/c28-22-9-7-18(14-24(22)36-26(38)34-16-3-1-5-19(11-16)39-27(29,30)31)33-17-6-8-20-21(12-15-4-2-10-32-15)25(37)35-23(20)13-17/h1-14,32-33H,(H,35,37)(H2,34,36,38). The highest BCUT2D eigenvalue weighted by Crippen LogP contribution is 2.36. The number of hydrogen-bond acceptors (Lipinski definition) is 4. The Bertz CT molecular complexity index is 1580. The molecule has 5 rings (SSSR count). The van der Waals surface area contributed by atoms with E-state index in [0.29, 0.717) is 22.6 Å². The van der Waals surface area contributed by atoms with Crippen LogP contribution in [0.15, 0.2) is 79.0 Å². The summed E-state index contributed by atoms with van der Waals surface area (Å²) in [5.41, 5.74) is 3.47. The van der Waals surface area contributed by atoms with E-state index in [1.54, 1.807) is 30.5 Å². The molecule has 0 atom stereocenters. The summed E-state index contributed by atoms with van der Waals surface area (Å²) in [5.74, 6) is -1.49. The molecular weight excluding hydrogens is 518 g/mol. The van der Waals surface area contributed by atoms with Gasteiger partial charge in [-0.3, -0.25) is 4.79 Å². The Labute approximate surface area is 218 Å². The number of urea groups is 1. The predicted molar refractivity (Wildman–Crippen MR) is 139 cm³/mol. The van der Waals surface area contributed by atoms with Crippen LogP contribution in [0, 0.1) is 5.82 Å². The van der Waals surface area contributed by atoms with E-state index >= 15 is 0 Å². The molecule has 39 heavy (non-hydrogen) atoms. The van der Waals surface area contributed by atoms with Crippen LogP contribution in [-0.4, -0.2) is 23.3 Å². The number of anilines is 5. The monoisotopic (exact) mass is 537 g/mol. The summed E-state index contributed by atoms with van der Waals surface area (Å²) in [6, 6.07) is 16.7. The van der Waals surface area contributed by atoms with Crippen LogP contribution in [0.25, 0.3) is 11.6 Å². The van der Waals surface area contributed by atoms with Crippen LogP contribution in [0.5, 0.6) is 5.75 Å². The smallest absolute Gasteiger partial charge is 0.406 e. The van der Waals surface area contributed by atoms with Crippen molar-refractivity contribution >= 4 is 52.0 Å². The van der Waals surface area contributed by atoms with Gasteiger partial charge < -0.3 is 31.0 Å². The number of hydrogen-bond donors (Lipinski definition) is 5. The number of benzene rings is 3. The van der Waals surface area contributed by atoms with Gasteiger partial charge in [-0.1, -0.05) is 12.1 Å². The first-order chi connectivity index (χ1) is 18.6. The summed E-state index contributed by atoms with van der Waals surface area (Å²) in [6.07, 6.45) is -1.38. The number of carbonyl (C=O) groups excluding carboxylic acids is 2. The first-order valence-corrected chi connectivity index (χ1v) is 11.4.